The van der Waals surface area contributed by atoms with Crippen LogP contribution in [-0.2, 0) is 26.5 Å². The molecule has 0 aliphatic heterocycles. The molecule has 0 unspecified atom stereocenters. The van der Waals surface area contributed by atoms with Crippen molar-refractivity contribution in [3.8, 4) is 39.6 Å². The molecular formula is C33H25N2O2Pt-. The summed E-state index contributed by atoms with van der Waals surface area (Å²) < 4.78 is 6.00. The van der Waals surface area contributed by atoms with Gasteiger partial charge in [0.15, 0.2) is 0 Å². The average molecular weight is 677 g/mol. The van der Waals surface area contributed by atoms with Crippen molar-refractivity contribution in [2.45, 2.75) is 19.3 Å². The zero-order valence-electron chi connectivity index (χ0n) is 21.0. The van der Waals surface area contributed by atoms with Gasteiger partial charge >= 0.3 is 0 Å². The minimum atomic E-state index is -0.147. The van der Waals surface area contributed by atoms with Gasteiger partial charge in [-0.15, -0.1) is 29.8 Å². The van der Waals surface area contributed by atoms with Gasteiger partial charge in [0, 0.05) is 38.4 Å². The minimum absolute atomic E-state index is 0. The molecule has 0 radical (unpaired) electrons. The summed E-state index contributed by atoms with van der Waals surface area (Å²) in [6.07, 6.45) is 1.96. The maximum Gasteiger partial charge on any atom is 0.230 e. The number of rotatable bonds is 5. The van der Waals surface area contributed by atoms with Crippen molar-refractivity contribution in [3.63, 3.8) is 0 Å². The van der Waals surface area contributed by atoms with Crippen LogP contribution in [0.25, 0.3) is 44.9 Å². The monoisotopic (exact) mass is 676 g/mol. The van der Waals surface area contributed by atoms with Crippen LogP contribution >= 0.6 is 0 Å². The first-order valence-corrected chi connectivity index (χ1v) is 12.2. The summed E-state index contributed by atoms with van der Waals surface area (Å²) >= 11 is 0. The van der Waals surface area contributed by atoms with Crippen molar-refractivity contribution >= 4 is 11.1 Å². The van der Waals surface area contributed by atoms with E-state index in [1.807, 2.05) is 54.7 Å². The Bertz CT molecular complexity index is 1710. The van der Waals surface area contributed by atoms with Crippen LogP contribution in [0.5, 0.6) is 5.75 Å². The van der Waals surface area contributed by atoms with Gasteiger partial charge in [0.1, 0.15) is 11.3 Å². The van der Waals surface area contributed by atoms with E-state index in [1.165, 1.54) is 5.56 Å². The quantitative estimate of drug-likeness (QED) is 0.188. The number of hydrogen-bond donors (Lipinski definition) is 1. The van der Waals surface area contributed by atoms with Gasteiger partial charge in [0.25, 0.3) is 0 Å². The van der Waals surface area contributed by atoms with Crippen LogP contribution in [0.1, 0.15) is 25.0 Å². The molecule has 4 aromatic carbocycles. The molecule has 4 nitrogen and oxygen atoms in total. The van der Waals surface area contributed by atoms with Crippen molar-refractivity contribution < 1.29 is 30.6 Å². The number of phenols is 1. The molecule has 1 N–H and O–H groups in total. The van der Waals surface area contributed by atoms with Gasteiger partial charge in [-0.1, -0.05) is 91.7 Å². The molecule has 38 heavy (non-hydrogen) atoms. The summed E-state index contributed by atoms with van der Waals surface area (Å²) in [6.45, 7) is 4.43. The SMILES string of the molecule is CC(C)(c1ccccc1)c1ccc(-c2[c-]c(-c3cccc4oc(-c5ccccc5O)nc34)ccc2)nc1.[Pt]. The molecule has 0 aliphatic carbocycles. The number of pyridine rings is 1. The fourth-order valence-electron chi connectivity index (χ4n) is 4.66. The van der Waals surface area contributed by atoms with Crippen molar-refractivity contribution in [3.05, 3.63) is 127 Å². The number of para-hydroxylation sites is 2. The topological polar surface area (TPSA) is 59.2 Å². The summed E-state index contributed by atoms with van der Waals surface area (Å²) in [4.78, 5) is 9.53. The molecule has 0 saturated heterocycles. The molecule has 0 saturated carbocycles. The van der Waals surface area contributed by atoms with E-state index in [2.05, 4.69) is 56.3 Å². The Morgan fingerprint density at radius 3 is 2.18 bits per heavy atom. The Kier molecular flexibility index (Phi) is 7.01. The van der Waals surface area contributed by atoms with E-state index >= 15 is 0 Å². The number of hydrogen-bond acceptors (Lipinski definition) is 4. The molecule has 190 valence electrons. The smallest absolute Gasteiger partial charge is 0.230 e. The van der Waals surface area contributed by atoms with Crippen LogP contribution in [0, 0.1) is 6.07 Å². The summed E-state index contributed by atoms with van der Waals surface area (Å²) in [5.41, 5.74) is 7.77. The molecule has 0 amide bonds. The third-order valence-corrected chi connectivity index (χ3v) is 6.90. The number of fused-ring (bicyclic) bond motifs is 1. The van der Waals surface area contributed by atoms with E-state index in [1.54, 1.807) is 18.2 Å². The zero-order chi connectivity index (χ0) is 25.4. The molecule has 0 atom stereocenters. The third-order valence-electron chi connectivity index (χ3n) is 6.90. The molecule has 6 rings (SSSR count). The zero-order valence-corrected chi connectivity index (χ0v) is 23.2. The molecule has 0 fully saturated rings. The number of aromatic hydroxyl groups is 1. The van der Waals surface area contributed by atoms with Crippen molar-refractivity contribution in [1.29, 1.82) is 0 Å². The molecule has 2 aromatic heterocycles. The Balaban J connectivity index is 0.00000294. The van der Waals surface area contributed by atoms with Gasteiger partial charge < -0.3 is 9.52 Å². The minimum Gasteiger partial charge on any atom is -0.507 e. The van der Waals surface area contributed by atoms with Gasteiger partial charge in [-0.25, -0.2) is 4.98 Å². The first-order chi connectivity index (χ1) is 18.0. The first-order valence-electron chi connectivity index (χ1n) is 12.2. The van der Waals surface area contributed by atoms with Gasteiger partial charge in [-0.05, 0) is 29.3 Å². The Morgan fingerprint density at radius 1 is 0.711 bits per heavy atom. The van der Waals surface area contributed by atoms with Gasteiger partial charge in [0.05, 0.1) is 11.1 Å². The number of phenolic OH excluding ortho intramolecular Hbond substituents is 1. The maximum atomic E-state index is 10.3. The standard InChI is InChI=1S/C33H25N2O2.Pt/c1-33(2,24-12-4-3-5-13-24)25-18-19-28(34-21-25)23-11-8-10-22(20-23)26-15-9-17-30-31(26)35-32(37-30)27-14-6-7-16-29(27)36;/h3-19,21,36H,1-2H3;/q-1;. The molecule has 0 spiro atoms. The van der Waals surface area contributed by atoms with E-state index in [4.69, 9.17) is 14.4 Å². The van der Waals surface area contributed by atoms with E-state index in [-0.39, 0.29) is 32.2 Å². The first kappa shape index (κ1) is 25.6. The molecule has 2 heterocycles. The maximum absolute atomic E-state index is 10.3. The van der Waals surface area contributed by atoms with Crippen LogP contribution < -0.4 is 0 Å². The normalized spacial score (nSPS) is 11.3. The molecule has 6 aromatic rings. The summed E-state index contributed by atoms with van der Waals surface area (Å²) in [7, 11) is 0. The van der Waals surface area contributed by atoms with Crippen LogP contribution in [0.4, 0.5) is 0 Å². The fraction of sp³-hybridized carbons (Fsp3) is 0.0909. The van der Waals surface area contributed by atoms with Crippen LogP contribution in [0.3, 0.4) is 0 Å². The van der Waals surface area contributed by atoms with Crippen molar-refractivity contribution in [1.82, 2.24) is 9.97 Å². The number of oxazole rings is 1. The molecule has 0 aliphatic rings. The summed E-state index contributed by atoms with van der Waals surface area (Å²) in [5, 5.41) is 10.3. The van der Waals surface area contributed by atoms with E-state index < -0.39 is 0 Å². The van der Waals surface area contributed by atoms with E-state index in [9.17, 15) is 5.11 Å². The van der Waals surface area contributed by atoms with Crippen LogP contribution in [0.15, 0.2) is 114 Å². The van der Waals surface area contributed by atoms with Crippen molar-refractivity contribution in [2.75, 3.05) is 0 Å². The van der Waals surface area contributed by atoms with Crippen LogP contribution in [0.2, 0.25) is 0 Å². The molecule has 5 heteroatoms. The largest absolute Gasteiger partial charge is 0.507 e. The Labute approximate surface area is 236 Å². The number of benzene rings is 4. The number of aromatic nitrogens is 2. The summed E-state index contributed by atoms with van der Waals surface area (Å²) in [6, 6.07) is 37.1. The fourth-order valence-corrected chi connectivity index (χ4v) is 4.66. The van der Waals surface area contributed by atoms with Crippen molar-refractivity contribution in [2.24, 2.45) is 0 Å². The van der Waals surface area contributed by atoms with Crippen LogP contribution in [-0.4, -0.2) is 15.1 Å². The molecule has 0 bridgehead atoms. The van der Waals surface area contributed by atoms with Gasteiger partial charge in [-0.3, -0.25) is 4.98 Å². The Morgan fingerprint density at radius 2 is 1.42 bits per heavy atom. The third kappa shape index (κ3) is 4.68. The predicted octanol–water partition coefficient (Wildman–Crippen LogP) is 8.05. The molecular weight excluding hydrogens is 651 g/mol. The van der Waals surface area contributed by atoms with Gasteiger partial charge in [0.2, 0.25) is 5.89 Å². The second kappa shape index (κ2) is 10.4. The predicted molar refractivity (Wildman–Crippen MR) is 147 cm³/mol. The van der Waals surface area contributed by atoms with E-state index in [0.717, 1.165) is 33.5 Å². The second-order valence-corrected chi connectivity index (χ2v) is 9.59. The second-order valence-electron chi connectivity index (χ2n) is 9.59. The van der Waals surface area contributed by atoms with Gasteiger partial charge in [-0.2, -0.15) is 0 Å². The Hall–Kier alpha value is -4.01. The summed E-state index contributed by atoms with van der Waals surface area (Å²) in [5.74, 6) is 0.518. The number of nitrogens with zero attached hydrogens (tertiary/aromatic N) is 2. The van der Waals surface area contributed by atoms with E-state index in [0.29, 0.717) is 17.0 Å². The average Bonchev–Trinajstić information content (AvgIpc) is 3.38.